The number of nitrogens with zero attached hydrogens (tertiary/aromatic N) is 3. The van der Waals surface area contributed by atoms with Gasteiger partial charge in [0.2, 0.25) is 0 Å². The molecule has 0 N–H and O–H groups in total. The van der Waals surface area contributed by atoms with Gasteiger partial charge in [-0.2, -0.15) is 5.26 Å². The minimum atomic E-state index is 0.659. The van der Waals surface area contributed by atoms with E-state index in [1.807, 2.05) is 17.5 Å². The summed E-state index contributed by atoms with van der Waals surface area (Å²) >= 11 is 1.32. The number of benzene rings is 1. The van der Waals surface area contributed by atoms with Crippen molar-refractivity contribution in [1.82, 2.24) is 9.59 Å². The first kappa shape index (κ1) is 7.90. The average molecular weight is 187 g/mol. The molecule has 62 valence electrons. The molecule has 0 radical (unpaired) electrons. The molecule has 3 nitrogen and oxygen atoms in total. The van der Waals surface area contributed by atoms with Crippen LogP contribution < -0.4 is 0 Å². The summed E-state index contributed by atoms with van der Waals surface area (Å²) in [5, 5.41) is 14.4. The third kappa shape index (κ3) is 1.55. The standard InChI is InChI=1S/C9H5N3S/c10-5-7-1-3-8(4-2-7)9-6-13-12-11-9/h1-4,6H. The van der Waals surface area contributed by atoms with Gasteiger partial charge in [0.15, 0.2) is 0 Å². The van der Waals surface area contributed by atoms with Crippen molar-refractivity contribution < 1.29 is 0 Å². The number of aromatic nitrogens is 2. The highest BCUT2D eigenvalue weighted by molar-refractivity contribution is 7.03. The van der Waals surface area contributed by atoms with E-state index in [1.54, 1.807) is 12.1 Å². The fraction of sp³-hybridized carbons (Fsp3) is 0. The molecule has 0 aliphatic carbocycles. The average Bonchev–Trinajstić information content (AvgIpc) is 2.71. The second-order valence-corrected chi connectivity index (χ2v) is 3.09. The van der Waals surface area contributed by atoms with Crippen LogP contribution in [-0.4, -0.2) is 9.59 Å². The topological polar surface area (TPSA) is 49.6 Å². The van der Waals surface area contributed by atoms with Gasteiger partial charge in [0.25, 0.3) is 0 Å². The summed E-state index contributed by atoms with van der Waals surface area (Å²) in [4.78, 5) is 0. The number of nitriles is 1. The van der Waals surface area contributed by atoms with Crippen molar-refractivity contribution in [2.75, 3.05) is 0 Å². The lowest BCUT2D eigenvalue weighted by atomic mass is 10.1. The van der Waals surface area contributed by atoms with Crippen LogP contribution in [0.4, 0.5) is 0 Å². The van der Waals surface area contributed by atoms with Crippen molar-refractivity contribution >= 4 is 11.5 Å². The lowest BCUT2D eigenvalue weighted by Gasteiger charge is -1.93. The van der Waals surface area contributed by atoms with E-state index in [9.17, 15) is 0 Å². The zero-order valence-corrected chi connectivity index (χ0v) is 7.45. The van der Waals surface area contributed by atoms with E-state index in [1.165, 1.54) is 11.5 Å². The highest BCUT2D eigenvalue weighted by Gasteiger charge is 1.99. The van der Waals surface area contributed by atoms with Gasteiger partial charge in [-0.3, -0.25) is 0 Å². The summed E-state index contributed by atoms with van der Waals surface area (Å²) in [6.07, 6.45) is 0. The Bertz CT molecular complexity index is 425. The summed E-state index contributed by atoms with van der Waals surface area (Å²) in [6.45, 7) is 0. The highest BCUT2D eigenvalue weighted by Crippen LogP contribution is 2.17. The predicted molar refractivity (Wildman–Crippen MR) is 50.1 cm³/mol. The molecule has 0 fully saturated rings. The Morgan fingerprint density at radius 3 is 2.54 bits per heavy atom. The molecule has 0 bridgehead atoms. The maximum Gasteiger partial charge on any atom is 0.105 e. The van der Waals surface area contributed by atoms with Crippen LogP contribution in [0.1, 0.15) is 5.56 Å². The summed E-state index contributed by atoms with van der Waals surface area (Å²) < 4.78 is 3.77. The van der Waals surface area contributed by atoms with Crippen molar-refractivity contribution in [3.8, 4) is 17.3 Å². The maximum absolute atomic E-state index is 8.58. The third-order valence-corrected chi connectivity index (χ3v) is 2.17. The Hall–Kier alpha value is -1.73. The Labute approximate surface area is 79.4 Å². The van der Waals surface area contributed by atoms with Crippen LogP contribution in [0.25, 0.3) is 11.3 Å². The van der Waals surface area contributed by atoms with Gasteiger partial charge in [-0.25, -0.2) is 0 Å². The molecule has 0 amide bonds. The van der Waals surface area contributed by atoms with Gasteiger partial charge in [-0.15, -0.1) is 5.10 Å². The molecule has 0 aliphatic heterocycles. The first-order valence-electron chi connectivity index (χ1n) is 3.68. The molecular weight excluding hydrogens is 182 g/mol. The smallest absolute Gasteiger partial charge is 0.105 e. The molecule has 2 aromatic rings. The molecule has 1 aromatic carbocycles. The third-order valence-electron chi connectivity index (χ3n) is 1.67. The van der Waals surface area contributed by atoms with Gasteiger partial charge in [-0.05, 0) is 23.7 Å². The molecule has 0 saturated carbocycles. The Balaban J connectivity index is 2.40. The van der Waals surface area contributed by atoms with Crippen LogP contribution in [0, 0.1) is 11.3 Å². The van der Waals surface area contributed by atoms with E-state index in [4.69, 9.17) is 5.26 Å². The molecular formula is C9H5N3S. The molecule has 2 rings (SSSR count). The van der Waals surface area contributed by atoms with Gasteiger partial charge >= 0.3 is 0 Å². The van der Waals surface area contributed by atoms with Crippen molar-refractivity contribution in [2.45, 2.75) is 0 Å². The quantitative estimate of drug-likeness (QED) is 0.686. The summed E-state index contributed by atoms with van der Waals surface area (Å²) in [6, 6.07) is 9.35. The van der Waals surface area contributed by atoms with E-state index in [2.05, 4.69) is 15.7 Å². The van der Waals surface area contributed by atoms with Crippen molar-refractivity contribution in [3.05, 3.63) is 35.2 Å². The van der Waals surface area contributed by atoms with E-state index in [-0.39, 0.29) is 0 Å². The number of hydrogen-bond donors (Lipinski definition) is 0. The van der Waals surface area contributed by atoms with Crippen LogP contribution in [0.5, 0.6) is 0 Å². The number of hydrogen-bond acceptors (Lipinski definition) is 4. The lowest BCUT2D eigenvalue weighted by molar-refractivity contribution is 1.16. The minimum absolute atomic E-state index is 0.659. The summed E-state index contributed by atoms with van der Waals surface area (Å²) in [5.74, 6) is 0. The fourth-order valence-electron chi connectivity index (χ4n) is 1.01. The molecule has 1 aromatic heterocycles. The normalized spacial score (nSPS) is 9.46. The molecule has 1 heterocycles. The van der Waals surface area contributed by atoms with Gasteiger partial charge in [0.1, 0.15) is 5.69 Å². The second kappa shape index (κ2) is 3.33. The van der Waals surface area contributed by atoms with Gasteiger partial charge < -0.3 is 0 Å². The lowest BCUT2D eigenvalue weighted by Crippen LogP contribution is -1.78. The first-order chi connectivity index (χ1) is 6.40. The number of rotatable bonds is 1. The zero-order valence-electron chi connectivity index (χ0n) is 6.64. The molecule has 13 heavy (non-hydrogen) atoms. The summed E-state index contributed by atoms with van der Waals surface area (Å²) in [5.41, 5.74) is 2.51. The molecule has 4 heteroatoms. The second-order valence-electron chi connectivity index (χ2n) is 2.48. The fourth-order valence-corrected chi connectivity index (χ4v) is 1.47. The zero-order chi connectivity index (χ0) is 9.10. The van der Waals surface area contributed by atoms with E-state index >= 15 is 0 Å². The highest BCUT2D eigenvalue weighted by atomic mass is 32.1. The van der Waals surface area contributed by atoms with Gasteiger partial charge in [-0.1, -0.05) is 16.6 Å². The monoisotopic (exact) mass is 187 g/mol. The van der Waals surface area contributed by atoms with Crippen molar-refractivity contribution in [1.29, 1.82) is 5.26 Å². The largest absolute Gasteiger partial charge is 0.192 e. The van der Waals surface area contributed by atoms with Crippen LogP contribution in [-0.2, 0) is 0 Å². The maximum atomic E-state index is 8.58. The molecule has 0 atom stereocenters. The Morgan fingerprint density at radius 1 is 1.23 bits per heavy atom. The van der Waals surface area contributed by atoms with Crippen LogP contribution in [0.3, 0.4) is 0 Å². The predicted octanol–water partition coefficient (Wildman–Crippen LogP) is 2.08. The first-order valence-corrected chi connectivity index (χ1v) is 4.51. The van der Waals surface area contributed by atoms with Gasteiger partial charge in [0, 0.05) is 10.9 Å². The summed E-state index contributed by atoms with van der Waals surface area (Å²) in [7, 11) is 0. The Morgan fingerprint density at radius 2 is 2.00 bits per heavy atom. The molecule has 0 saturated heterocycles. The van der Waals surface area contributed by atoms with Gasteiger partial charge in [0.05, 0.1) is 11.6 Å². The molecule has 0 unspecified atom stereocenters. The molecule has 0 aliphatic rings. The minimum Gasteiger partial charge on any atom is -0.192 e. The van der Waals surface area contributed by atoms with Crippen LogP contribution >= 0.6 is 11.5 Å². The van der Waals surface area contributed by atoms with Crippen LogP contribution in [0.15, 0.2) is 29.6 Å². The van der Waals surface area contributed by atoms with E-state index in [0.717, 1.165) is 11.3 Å². The van der Waals surface area contributed by atoms with Crippen molar-refractivity contribution in [2.24, 2.45) is 0 Å². The van der Waals surface area contributed by atoms with E-state index < -0.39 is 0 Å². The van der Waals surface area contributed by atoms with E-state index in [0.29, 0.717) is 5.56 Å². The van der Waals surface area contributed by atoms with Crippen molar-refractivity contribution in [3.63, 3.8) is 0 Å². The SMILES string of the molecule is N#Cc1ccc(-c2csnn2)cc1. The van der Waals surface area contributed by atoms with Crippen LogP contribution in [0.2, 0.25) is 0 Å². The molecule has 0 spiro atoms. The Kier molecular flexibility index (Phi) is 2.02.